The van der Waals surface area contributed by atoms with E-state index in [1.54, 1.807) is 24.3 Å². The van der Waals surface area contributed by atoms with Gasteiger partial charge in [0.1, 0.15) is 18.1 Å². The van der Waals surface area contributed by atoms with Gasteiger partial charge in [-0.15, -0.1) is 0 Å². The Balaban J connectivity index is 1.58. The van der Waals surface area contributed by atoms with Gasteiger partial charge < -0.3 is 9.47 Å². The molecule has 0 saturated heterocycles. The zero-order valence-electron chi connectivity index (χ0n) is 17.6. The second-order valence-electron chi connectivity index (χ2n) is 7.04. The van der Waals surface area contributed by atoms with E-state index in [2.05, 4.69) is 10.9 Å². The molecule has 160 valence electrons. The Morgan fingerprint density at radius 2 is 1.55 bits per heavy atom. The Morgan fingerprint density at radius 1 is 0.871 bits per heavy atom. The molecule has 0 aromatic heterocycles. The average Bonchev–Trinajstić information content (AvgIpc) is 2.81. The largest absolute Gasteiger partial charge is 0.488 e. The number of amides is 2. The Hall–Kier alpha value is -3.80. The summed E-state index contributed by atoms with van der Waals surface area (Å²) in [6, 6.07) is 24.0. The van der Waals surface area contributed by atoms with E-state index in [9.17, 15) is 9.59 Å². The standard InChI is InChI=1S/C25H26N2O4/c1-3-22(31-20-15-13-18(2)14-16-20)25(29)27-26-24(28)21-11-7-8-12-23(21)30-17-19-9-5-4-6-10-19/h4-16,22H,3,17H2,1-2H3,(H,26,28)(H,27,29)/t22-/m0/s1. The van der Waals surface area contributed by atoms with Gasteiger partial charge in [-0.2, -0.15) is 0 Å². The number of rotatable bonds is 8. The third-order valence-corrected chi connectivity index (χ3v) is 4.63. The summed E-state index contributed by atoms with van der Waals surface area (Å²) in [4.78, 5) is 25.1. The zero-order valence-corrected chi connectivity index (χ0v) is 17.6. The number of hydrogen-bond acceptors (Lipinski definition) is 4. The summed E-state index contributed by atoms with van der Waals surface area (Å²) < 4.78 is 11.6. The molecule has 0 fully saturated rings. The van der Waals surface area contributed by atoms with Crippen molar-refractivity contribution in [3.63, 3.8) is 0 Å². The second kappa shape index (κ2) is 10.8. The Labute approximate surface area is 182 Å². The van der Waals surface area contributed by atoms with Gasteiger partial charge in [-0.05, 0) is 43.2 Å². The lowest BCUT2D eigenvalue weighted by atomic mass is 10.2. The van der Waals surface area contributed by atoms with Crippen molar-refractivity contribution < 1.29 is 19.1 Å². The molecule has 0 aliphatic rings. The molecule has 31 heavy (non-hydrogen) atoms. The van der Waals surface area contributed by atoms with E-state index in [1.165, 1.54) is 0 Å². The van der Waals surface area contributed by atoms with E-state index in [4.69, 9.17) is 9.47 Å². The van der Waals surface area contributed by atoms with Crippen LogP contribution in [0.5, 0.6) is 11.5 Å². The minimum absolute atomic E-state index is 0.325. The SMILES string of the molecule is CC[C@H](Oc1ccc(C)cc1)C(=O)NNC(=O)c1ccccc1OCc1ccccc1. The van der Waals surface area contributed by atoms with E-state index < -0.39 is 17.9 Å². The second-order valence-corrected chi connectivity index (χ2v) is 7.04. The van der Waals surface area contributed by atoms with Gasteiger partial charge in [0.25, 0.3) is 11.8 Å². The van der Waals surface area contributed by atoms with Gasteiger partial charge in [-0.1, -0.05) is 67.1 Å². The molecule has 3 aromatic carbocycles. The van der Waals surface area contributed by atoms with Crippen molar-refractivity contribution in [2.24, 2.45) is 0 Å². The third kappa shape index (κ3) is 6.34. The summed E-state index contributed by atoms with van der Waals surface area (Å²) in [5.74, 6) is 0.126. The van der Waals surface area contributed by atoms with Crippen LogP contribution in [0.25, 0.3) is 0 Å². The van der Waals surface area contributed by atoms with Crippen LogP contribution in [0.2, 0.25) is 0 Å². The molecule has 3 rings (SSSR count). The number of carbonyl (C=O) groups is 2. The molecule has 1 atom stereocenters. The highest BCUT2D eigenvalue weighted by molar-refractivity contribution is 5.98. The van der Waals surface area contributed by atoms with Crippen molar-refractivity contribution in [1.82, 2.24) is 10.9 Å². The lowest BCUT2D eigenvalue weighted by Gasteiger charge is -2.18. The fourth-order valence-corrected chi connectivity index (χ4v) is 2.88. The summed E-state index contributed by atoms with van der Waals surface area (Å²) in [5.41, 5.74) is 7.31. The first-order valence-corrected chi connectivity index (χ1v) is 10.2. The first kappa shape index (κ1) is 21.9. The molecular formula is C25H26N2O4. The number of para-hydroxylation sites is 1. The van der Waals surface area contributed by atoms with Crippen LogP contribution in [-0.4, -0.2) is 17.9 Å². The number of aryl methyl sites for hydroxylation is 1. The van der Waals surface area contributed by atoms with E-state index in [-0.39, 0.29) is 0 Å². The topological polar surface area (TPSA) is 76.7 Å². The minimum atomic E-state index is -0.729. The van der Waals surface area contributed by atoms with Gasteiger partial charge in [0.05, 0.1) is 5.56 Å². The van der Waals surface area contributed by atoms with Crippen molar-refractivity contribution in [2.75, 3.05) is 0 Å². The predicted molar refractivity (Wildman–Crippen MR) is 119 cm³/mol. The molecular weight excluding hydrogens is 392 g/mol. The van der Waals surface area contributed by atoms with Crippen molar-refractivity contribution in [3.05, 3.63) is 95.6 Å². The maximum atomic E-state index is 12.6. The Bertz CT molecular complexity index is 1000. The average molecular weight is 418 g/mol. The molecule has 0 saturated carbocycles. The van der Waals surface area contributed by atoms with E-state index in [0.717, 1.165) is 11.1 Å². The highest BCUT2D eigenvalue weighted by atomic mass is 16.5. The van der Waals surface area contributed by atoms with Gasteiger partial charge in [0.15, 0.2) is 6.10 Å². The molecule has 2 N–H and O–H groups in total. The van der Waals surface area contributed by atoms with Crippen LogP contribution in [0, 0.1) is 6.92 Å². The highest BCUT2D eigenvalue weighted by Gasteiger charge is 2.20. The predicted octanol–water partition coefficient (Wildman–Crippen LogP) is 4.19. The number of nitrogens with one attached hydrogen (secondary N) is 2. The molecule has 0 unspecified atom stereocenters. The van der Waals surface area contributed by atoms with E-state index in [1.807, 2.05) is 68.4 Å². The number of ether oxygens (including phenoxy) is 2. The molecule has 2 amide bonds. The van der Waals surface area contributed by atoms with Crippen molar-refractivity contribution >= 4 is 11.8 Å². The van der Waals surface area contributed by atoms with Crippen molar-refractivity contribution in [2.45, 2.75) is 33.0 Å². The number of benzene rings is 3. The molecule has 0 aliphatic heterocycles. The molecule has 6 nitrogen and oxygen atoms in total. The van der Waals surface area contributed by atoms with Crippen LogP contribution in [-0.2, 0) is 11.4 Å². The lowest BCUT2D eigenvalue weighted by molar-refractivity contribution is -0.128. The maximum Gasteiger partial charge on any atom is 0.279 e. The highest BCUT2D eigenvalue weighted by Crippen LogP contribution is 2.19. The minimum Gasteiger partial charge on any atom is -0.488 e. The first-order chi connectivity index (χ1) is 15.1. The quantitative estimate of drug-likeness (QED) is 0.538. The van der Waals surface area contributed by atoms with Crippen LogP contribution >= 0.6 is 0 Å². The molecule has 0 heterocycles. The van der Waals surface area contributed by atoms with Crippen LogP contribution < -0.4 is 20.3 Å². The summed E-state index contributed by atoms with van der Waals surface area (Å²) in [6.45, 7) is 4.15. The summed E-state index contributed by atoms with van der Waals surface area (Å²) in [5, 5.41) is 0. The Morgan fingerprint density at radius 3 is 2.26 bits per heavy atom. The molecule has 0 aliphatic carbocycles. The monoisotopic (exact) mass is 418 g/mol. The first-order valence-electron chi connectivity index (χ1n) is 10.2. The third-order valence-electron chi connectivity index (χ3n) is 4.63. The van der Waals surface area contributed by atoms with Crippen LogP contribution in [0.15, 0.2) is 78.9 Å². The molecule has 0 bridgehead atoms. The fourth-order valence-electron chi connectivity index (χ4n) is 2.88. The van der Waals surface area contributed by atoms with Crippen LogP contribution in [0.3, 0.4) is 0 Å². The maximum absolute atomic E-state index is 12.6. The van der Waals surface area contributed by atoms with Crippen LogP contribution in [0.1, 0.15) is 34.8 Å². The van der Waals surface area contributed by atoms with Gasteiger partial charge in [-0.25, -0.2) is 0 Å². The molecule has 0 radical (unpaired) electrons. The van der Waals surface area contributed by atoms with E-state index >= 15 is 0 Å². The van der Waals surface area contributed by atoms with Crippen LogP contribution in [0.4, 0.5) is 0 Å². The molecule has 0 spiro atoms. The van der Waals surface area contributed by atoms with Gasteiger partial charge in [0.2, 0.25) is 0 Å². The number of carbonyl (C=O) groups excluding carboxylic acids is 2. The Kier molecular flexibility index (Phi) is 7.65. The summed E-state index contributed by atoms with van der Waals surface area (Å²) in [6.07, 6.45) is -0.278. The fraction of sp³-hybridized carbons (Fsp3) is 0.200. The number of hydrazine groups is 1. The molecule has 3 aromatic rings. The van der Waals surface area contributed by atoms with E-state index in [0.29, 0.717) is 30.1 Å². The summed E-state index contributed by atoms with van der Waals surface area (Å²) in [7, 11) is 0. The van der Waals surface area contributed by atoms with Gasteiger partial charge in [-0.3, -0.25) is 20.4 Å². The van der Waals surface area contributed by atoms with Crippen molar-refractivity contribution in [1.29, 1.82) is 0 Å². The zero-order chi connectivity index (χ0) is 22.1. The molecule has 6 heteroatoms. The normalized spacial score (nSPS) is 11.3. The summed E-state index contributed by atoms with van der Waals surface area (Å²) >= 11 is 0. The van der Waals surface area contributed by atoms with Gasteiger partial charge in [0, 0.05) is 0 Å². The number of hydrogen-bond donors (Lipinski definition) is 2. The van der Waals surface area contributed by atoms with Gasteiger partial charge >= 0.3 is 0 Å². The lowest BCUT2D eigenvalue weighted by Crippen LogP contribution is -2.48. The smallest absolute Gasteiger partial charge is 0.279 e. The van der Waals surface area contributed by atoms with Crippen molar-refractivity contribution in [3.8, 4) is 11.5 Å².